The Morgan fingerprint density at radius 3 is 2.31 bits per heavy atom. The first-order valence-electron chi connectivity index (χ1n) is 9.37. The van der Waals surface area contributed by atoms with Gasteiger partial charge in [-0.05, 0) is 25.0 Å². The number of carbonyl (C=O) groups is 3. The van der Waals surface area contributed by atoms with Gasteiger partial charge < -0.3 is 15.0 Å². The van der Waals surface area contributed by atoms with E-state index in [1.165, 1.54) is 12.1 Å². The van der Waals surface area contributed by atoms with Crippen LogP contribution in [0.4, 0.5) is 18.9 Å². The lowest BCUT2D eigenvalue weighted by Crippen LogP contribution is -2.37. The van der Waals surface area contributed by atoms with E-state index in [4.69, 9.17) is 4.74 Å². The molecule has 0 bridgehead atoms. The van der Waals surface area contributed by atoms with E-state index in [2.05, 4.69) is 5.32 Å². The lowest BCUT2D eigenvalue weighted by Gasteiger charge is -2.24. The Morgan fingerprint density at radius 2 is 1.66 bits per heavy atom. The van der Waals surface area contributed by atoms with Crippen LogP contribution in [0, 0.1) is 0 Å². The average molecular weight is 412 g/mol. The average Bonchev–Trinajstić information content (AvgIpc) is 2.65. The Morgan fingerprint density at radius 1 is 1.03 bits per heavy atom. The molecule has 0 saturated carbocycles. The van der Waals surface area contributed by atoms with Gasteiger partial charge in [0, 0.05) is 25.4 Å². The van der Waals surface area contributed by atoms with Crippen LogP contribution >= 0.6 is 0 Å². The van der Waals surface area contributed by atoms with Gasteiger partial charge in [0.1, 0.15) is 0 Å². The highest BCUT2D eigenvalue weighted by Gasteiger charge is 2.36. The van der Waals surface area contributed by atoms with Crippen molar-refractivity contribution in [1.29, 1.82) is 0 Å². The van der Waals surface area contributed by atoms with Gasteiger partial charge in [0.15, 0.2) is 6.61 Å². The van der Waals surface area contributed by atoms with E-state index >= 15 is 0 Å². The predicted molar refractivity (Wildman–Crippen MR) is 100 cm³/mol. The van der Waals surface area contributed by atoms with Gasteiger partial charge in [-0.1, -0.05) is 31.4 Å². The number of anilines is 1. The first kappa shape index (κ1) is 22.4. The molecule has 2 rings (SSSR count). The normalized spacial score (nSPS) is 15.5. The molecule has 1 amide bonds. The summed E-state index contributed by atoms with van der Waals surface area (Å²) in [5.41, 5.74) is 0.194. The maximum Gasteiger partial charge on any atom is 0.454 e. The van der Waals surface area contributed by atoms with Crippen LogP contribution in [0.15, 0.2) is 36.5 Å². The van der Waals surface area contributed by atoms with Gasteiger partial charge in [0.2, 0.25) is 0 Å². The van der Waals surface area contributed by atoms with Crippen LogP contribution in [0.25, 0.3) is 0 Å². The minimum Gasteiger partial charge on any atom is -0.452 e. The van der Waals surface area contributed by atoms with Crippen molar-refractivity contribution >= 4 is 23.3 Å². The van der Waals surface area contributed by atoms with Gasteiger partial charge in [0.05, 0.1) is 11.3 Å². The minimum atomic E-state index is -4.97. The number of carbonyl (C=O) groups excluding carboxylic acids is 3. The topological polar surface area (TPSA) is 75.7 Å². The Hall–Kier alpha value is -2.84. The maximum absolute atomic E-state index is 12.3. The summed E-state index contributed by atoms with van der Waals surface area (Å²) in [7, 11) is 0. The predicted octanol–water partition coefficient (Wildman–Crippen LogP) is 3.69. The molecular formula is C20H23F3N2O4. The number of rotatable bonds is 6. The van der Waals surface area contributed by atoms with Crippen LogP contribution in [0.5, 0.6) is 0 Å². The fourth-order valence-corrected chi connectivity index (χ4v) is 2.88. The molecule has 1 fully saturated rings. The summed E-state index contributed by atoms with van der Waals surface area (Å²) in [6.45, 7) is 0.856. The number of hydrogen-bond acceptors (Lipinski definition) is 5. The van der Waals surface area contributed by atoms with E-state index in [9.17, 15) is 27.6 Å². The molecule has 1 aliphatic heterocycles. The van der Waals surface area contributed by atoms with Crippen molar-refractivity contribution < 1.29 is 32.3 Å². The van der Waals surface area contributed by atoms with Gasteiger partial charge >= 0.3 is 12.1 Å². The summed E-state index contributed by atoms with van der Waals surface area (Å²) in [6, 6.07) is 5.96. The molecule has 1 N–H and O–H groups in total. The van der Waals surface area contributed by atoms with E-state index < -0.39 is 24.5 Å². The number of ether oxygens (including phenoxy) is 1. The molecule has 1 saturated heterocycles. The molecule has 1 aromatic rings. The molecule has 158 valence electrons. The van der Waals surface area contributed by atoms with E-state index in [-0.39, 0.29) is 17.2 Å². The Balaban J connectivity index is 1.94. The molecular weight excluding hydrogens is 389 g/mol. The molecule has 0 unspecified atom stereocenters. The molecule has 1 aromatic carbocycles. The summed E-state index contributed by atoms with van der Waals surface area (Å²) in [5.74, 6) is -3.09. The number of nitrogens with zero attached hydrogens (tertiary/aromatic N) is 1. The van der Waals surface area contributed by atoms with Crippen LogP contribution in [0.2, 0.25) is 0 Å². The van der Waals surface area contributed by atoms with E-state index in [0.29, 0.717) is 19.2 Å². The molecule has 29 heavy (non-hydrogen) atoms. The first-order valence-corrected chi connectivity index (χ1v) is 9.37. The highest BCUT2D eigenvalue weighted by molar-refractivity contribution is 5.97. The zero-order valence-electron chi connectivity index (χ0n) is 15.8. The van der Waals surface area contributed by atoms with Crippen molar-refractivity contribution in [2.45, 2.75) is 38.3 Å². The Kier molecular flexibility index (Phi) is 8.23. The molecule has 0 aliphatic carbocycles. The third kappa shape index (κ3) is 7.24. The largest absolute Gasteiger partial charge is 0.454 e. The highest BCUT2D eigenvalue weighted by Crippen LogP contribution is 2.19. The van der Waals surface area contributed by atoms with Crippen molar-refractivity contribution in [3.8, 4) is 0 Å². The van der Waals surface area contributed by atoms with Gasteiger partial charge in [0.25, 0.3) is 11.7 Å². The summed E-state index contributed by atoms with van der Waals surface area (Å²) in [4.78, 5) is 37.2. The quantitative estimate of drug-likeness (QED) is 0.570. The summed E-state index contributed by atoms with van der Waals surface area (Å²) in [5, 5.41) is 2.47. The van der Waals surface area contributed by atoms with Gasteiger partial charge in [-0.15, -0.1) is 0 Å². The summed E-state index contributed by atoms with van der Waals surface area (Å²) >= 11 is 0. The smallest absolute Gasteiger partial charge is 0.452 e. The van der Waals surface area contributed by atoms with Gasteiger partial charge in [-0.25, -0.2) is 4.79 Å². The Bertz CT molecular complexity index is 754. The van der Waals surface area contributed by atoms with E-state index in [0.717, 1.165) is 38.3 Å². The van der Waals surface area contributed by atoms with Crippen molar-refractivity contribution in [3.05, 3.63) is 42.1 Å². The number of benzene rings is 1. The molecule has 1 heterocycles. The van der Waals surface area contributed by atoms with Crippen LogP contribution in [-0.4, -0.2) is 48.4 Å². The van der Waals surface area contributed by atoms with Crippen LogP contribution in [-0.2, 0) is 14.3 Å². The number of likely N-dealkylation sites (tertiary alicyclic amines) is 1. The summed E-state index contributed by atoms with van der Waals surface area (Å²) < 4.78 is 41.8. The standard InChI is InChI=1S/C20H23F3N2O4/c21-20(22,23)17(26)10-11-24-16-9-5-4-8-15(16)19(28)29-14-18(27)25-12-6-2-1-3-7-13-25/h4-5,8-11,24H,1-3,6-7,12-14H2/b11-10+. The fourth-order valence-electron chi connectivity index (χ4n) is 2.88. The van der Waals surface area contributed by atoms with Crippen molar-refractivity contribution in [1.82, 2.24) is 4.90 Å². The SMILES string of the molecule is O=C(OCC(=O)N1CCCCCCC1)c1ccccc1N/C=C/C(=O)C(F)(F)F. The second-order valence-electron chi connectivity index (χ2n) is 6.61. The second kappa shape index (κ2) is 10.6. The lowest BCUT2D eigenvalue weighted by atomic mass is 10.1. The molecule has 0 atom stereocenters. The maximum atomic E-state index is 12.3. The van der Waals surface area contributed by atoms with Crippen molar-refractivity contribution in [2.24, 2.45) is 0 Å². The third-order valence-corrected chi connectivity index (χ3v) is 4.44. The van der Waals surface area contributed by atoms with E-state index in [1.54, 1.807) is 17.0 Å². The van der Waals surface area contributed by atoms with Crippen LogP contribution in [0.1, 0.15) is 42.5 Å². The number of nitrogens with one attached hydrogen (secondary N) is 1. The number of halogens is 3. The molecule has 9 heteroatoms. The molecule has 0 radical (unpaired) electrons. The van der Waals surface area contributed by atoms with Gasteiger partial charge in [-0.2, -0.15) is 13.2 Å². The van der Waals surface area contributed by atoms with Crippen molar-refractivity contribution in [2.75, 3.05) is 25.0 Å². The number of alkyl halides is 3. The highest BCUT2D eigenvalue weighted by atomic mass is 19.4. The van der Waals surface area contributed by atoms with Crippen molar-refractivity contribution in [3.63, 3.8) is 0 Å². The second-order valence-corrected chi connectivity index (χ2v) is 6.61. The zero-order chi connectivity index (χ0) is 21.3. The number of para-hydroxylation sites is 1. The van der Waals surface area contributed by atoms with Crippen LogP contribution < -0.4 is 5.32 Å². The third-order valence-electron chi connectivity index (χ3n) is 4.44. The van der Waals surface area contributed by atoms with E-state index in [1.807, 2.05) is 0 Å². The first-order chi connectivity index (χ1) is 13.8. The molecule has 6 nitrogen and oxygen atoms in total. The number of allylic oxidation sites excluding steroid dienone is 1. The number of hydrogen-bond donors (Lipinski definition) is 1. The monoisotopic (exact) mass is 412 g/mol. The zero-order valence-corrected chi connectivity index (χ0v) is 15.8. The lowest BCUT2D eigenvalue weighted by molar-refractivity contribution is -0.165. The Labute approximate surface area is 166 Å². The fraction of sp³-hybridized carbons (Fsp3) is 0.450. The summed E-state index contributed by atoms with van der Waals surface area (Å²) in [6.07, 6.45) is 1.26. The van der Waals surface area contributed by atoms with Gasteiger partial charge in [-0.3, -0.25) is 9.59 Å². The molecule has 0 spiro atoms. The molecule has 1 aliphatic rings. The minimum absolute atomic E-state index is 0.0390. The van der Waals surface area contributed by atoms with Crippen LogP contribution in [0.3, 0.4) is 0 Å². The number of esters is 1. The molecule has 0 aromatic heterocycles. The number of amides is 1. The number of ketones is 1.